The fraction of sp³-hybridized carbons (Fsp3) is 0.357. The molecule has 0 aromatic heterocycles. The lowest BCUT2D eigenvalue weighted by Crippen LogP contribution is -1.90. The third-order valence-electron chi connectivity index (χ3n) is 2.49. The quantitative estimate of drug-likeness (QED) is 0.772. The topological polar surface area (TPSA) is 23.8 Å². The van der Waals surface area contributed by atoms with Gasteiger partial charge >= 0.3 is 0 Å². The molecule has 0 aliphatic carbocycles. The Morgan fingerprint density at radius 3 is 2.81 bits per heavy atom. The molecule has 1 aromatic carbocycles. The van der Waals surface area contributed by atoms with Crippen LogP contribution in [0.25, 0.3) is 5.57 Å². The van der Waals surface area contributed by atoms with E-state index in [2.05, 4.69) is 48.0 Å². The van der Waals surface area contributed by atoms with E-state index in [-0.39, 0.29) is 0 Å². The first-order valence-electron chi connectivity index (χ1n) is 5.52. The van der Waals surface area contributed by atoms with Gasteiger partial charge in [-0.25, -0.2) is 0 Å². The summed E-state index contributed by atoms with van der Waals surface area (Å²) in [5.74, 6) is 0. The number of allylic oxidation sites excluding steroid dienone is 2. The van der Waals surface area contributed by atoms with Gasteiger partial charge in [-0.3, -0.25) is 0 Å². The van der Waals surface area contributed by atoms with Crippen LogP contribution in [-0.4, -0.2) is 0 Å². The summed E-state index contributed by atoms with van der Waals surface area (Å²) >= 11 is 3.56. The third-order valence-corrected chi connectivity index (χ3v) is 3.15. The first-order chi connectivity index (χ1) is 7.70. The van der Waals surface area contributed by atoms with Crippen LogP contribution < -0.4 is 0 Å². The second kappa shape index (κ2) is 6.50. The van der Waals surface area contributed by atoms with Crippen LogP contribution >= 0.6 is 15.9 Å². The Morgan fingerprint density at radius 2 is 2.25 bits per heavy atom. The summed E-state index contributed by atoms with van der Waals surface area (Å²) in [6.07, 6.45) is 4.79. The smallest absolute Gasteiger partial charge is 0.0669 e. The van der Waals surface area contributed by atoms with Crippen LogP contribution in [0.2, 0.25) is 0 Å². The minimum Gasteiger partial charge on any atom is -0.198 e. The molecule has 1 aromatic rings. The Hall–Kier alpha value is -1.07. The van der Waals surface area contributed by atoms with Crippen molar-refractivity contribution in [3.8, 4) is 6.07 Å². The lowest BCUT2D eigenvalue weighted by Gasteiger charge is -2.10. The number of hydrogen-bond acceptors (Lipinski definition) is 1. The summed E-state index contributed by atoms with van der Waals surface area (Å²) in [6.45, 7) is 4.23. The Balaban J connectivity index is 3.16. The minimum atomic E-state index is 0.476. The lowest BCUT2D eigenvalue weighted by molar-refractivity contribution is 0.957. The maximum absolute atomic E-state index is 8.87. The number of benzene rings is 1. The van der Waals surface area contributed by atoms with Crippen molar-refractivity contribution in [3.63, 3.8) is 0 Å². The van der Waals surface area contributed by atoms with E-state index in [0.29, 0.717) is 6.42 Å². The number of halogens is 1. The molecule has 0 aliphatic rings. The van der Waals surface area contributed by atoms with Crippen molar-refractivity contribution in [1.82, 2.24) is 0 Å². The van der Waals surface area contributed by atoms with Gasteiger partial charge < -0.3 is 0 Å². The zero-order valence-corrected chi connectivity index (χ0v) is 11.3. The molecule has 84 valence electrons. The highest BCUT2D eigenvalue weighted by atomic mass is 79.9. The predicted molar refractivity (Wildman–Crippen MR) is 72.0 cm³/mol. The molecule has 0 radical (unpaired) electrons. The molecule has 0 fully saturated rings. The van der Waals surface area contributed by atoms with Crippen LogP contribution in [0.5, 0.6) is 0 Å². The van der Waals surface area contributed by atoms with Gasteiger partial charge in [-0.2, -0.15) is 5.26 Å². The van der Waals surface area contributed by atoms with Crippen molar-refractivity contribution in [2.24, 2.45) is 0 Å². The van der Waals surface area contributed by atoms with Crippen LogP contribution in [-0.2, 0) is 0 Å². The third kappa shape index (κ3) is 3.21. The zero-order chi connectivity index (χ0) is 12.0. The second-order valence-electron chi connectivity index (χ2n) is 3.78. The maximum atomic E-state index is 8.87. The molecule has 0 heterocycles. The van der Waals surface area contributed by atoms with Gasteiger partial charge in [0.05, 0.1) is 12.5 Å². The van der Waals surface area contributed by atoms with Gasteiger partial charge in [0, 0.05) is 4.47 Å². The van der Waals surface area contributed by atoms with Crippen LogP contribution in [0.15, 0.2) is 28.7 Å². The molecule has 0 amide bonds. The molecule has 0 unspecified atom stereocenters. The summed E-state index contributed by atoms with van der Waals surface area (Å²) in [4.78, 5) is 0. The summed E-state index contributed by atoms with van der Waals surface area (Å²) in [6, 6.07) is 8.37. The summed E-state index contributed by atoms with van der Waals surface area (Å²) in [5, 5.41) is 8.87. The number of rotatable bonds is 4. The number of hydrogen-bond donors (Lipinski definition) is 0. The molecule has 0 bridgehead atoms. The van der Waals surface area contributed by atoms with E-state index in [1.165, 1.54) is 11.1 Å². The van der Waals surface area contributed by atoms with Crippen molar-refractivity contribution >= 4 is 21.5 Å². The number of aryl methyl sites for hydroxylation is 1. The number of nitriles is 1. The van der Waals surface area contributed by atoms with Crippen LogP contribution in [0.3, 0.4) is 0 Å². The molecular weight excluding hydrogens is 262 g/mol. The van der Waals surface area contributed by atoms with Crippen molar-refractivity contribution in [3.05, 3.63) is 39.9 Å². The van der Waals surface area contributed by atoms with Gasteiger partial charge in [0.25, 0.3) is 0 Å². The van der Waals surface area contributed by atoms with E-state index in [0.717, 1.165) is 22.9 Å². The number of unbranched alkanes of at least 4 members (excludes halogenated alkanes) is 1. The summed E-state index contributed by atoms with van der Waals surface area (Å²) < 4.78 is 1.07. The zero-order valence-electron chi connectivity index (χ0n) is 9.76. The van der Waals surface area contributed by atoms with Gasteiger partial charge in [0.2, 0.25) is 0 Å². The molecule has 0 aliphatic heterocycles. The van der Waals surface area contributed by atoms with Crippen molar-refractivity contribution in [2.45, 2.75) is 33.1 Å². The highest BCUT2D eigenvalue weighted by Crippen LogP contribution is 2.29. The molecule has 1 rings (SSSR count). The van der Waals surface area contributed by atoms with E-state index < -0.39 is 0 Å². The normalized spacial score (nSPS) is 11.2. The summed E-state index contributed by atoms with van der Waals surface area (Å²) in [7, 11) is 0. The van der Waals surface area contributed by atoms with E-state index in [1.807, 2.05) is 12.1 Å². The molecule has 0 saturated heterocycles. The molecule has 0 N–H and O–H groups in total. The standard InChI is InChI=1S/C14H16BrN/c1-3-4-7-12(9-10-16)14-11(2)6-5-8-13(14)15/h5-8H,3-4,9H2,1-2H3/b12-7-. The first-order valence-corrected chi connectivity index (χ1v) is 6.31. The summed E-state index contributed by atoms with van der Waals surface area (Å²) in [5.41, 5.74) is 3.53. The second-order valence-corrected chi connectivity index (χ2v) is 4.64. The van der Waals surface area contributed by atoms with E-state index in [4.69, 9.17) is 5.26 Å². The van der Waals surface area contributed by atoms with E-state index in [9.17, 15) is 0 Å². The highest BCUT2D eigenvalue weighted by Gasteiger charge is 2.08. The van der Waals surface area contributed by atoms with Gasteiger partial charge in [-0.1, -0.05) is 47.5 Å². The molecule has 0 spiro atoms. The predicted octanol–water partition coefficient (Wildman–Crippen LogP) is 4.85. The van der Waals surface area contributed by atoms with E-state index >= 15 is 0 Å². The minimum absolute atomic E-state index is 0.476. The van der Waals surface area contributed by atoms with Crippen molar-refractivity contribution in [1.29, 1.82) is 5.26 Å². The van der Waals surface area contributed by atoms with Gasteiger partial charge in [-0.05, 0) is 36.1 Å². The molecule has 2 heteroatoms. The largest absolute Gasteiger partial charge is 0.198 e. The van der Waals surface area contributed by atoms with Crippen LogP contribution in [0, 0.1) is 18.3 Å². The fourth-order valence-electron chi connectivity index (χ4n) is 1.70. The van der Waals surface area contributed by atoms with Gasteiger partial charge in [0.15, 0.2) is 0 Å². The van der Waals surface area contributed by atoms with Crippen molar-refractivity contribution < 1.29 is 0 Å². The average Bonchev–Trinajstić information content (AvgIpc) is 2.25. The number of nitrogens with zero attached hydrogens (tertiary/aromatic N) is 1. The molecule has 16 heavy (non-hydrogen) atoms. The van der Waals surface area contributed by atoms with Crippen LogP contribution in [0.4, 0.5) is 0 Å². The average molecular weight is 278 g/mol. The molecular formula is C14H16BrN. The van der Waals surface area contributed by atoms with Gasteiger partial charge in [0.1, 0.15) is 0 Å². The molecule has 0 saturated carbocycles. The Bertz CT molecular complexity index is 407. The lowest BCUT2D eigenvalue weighted by atomic mass is 9.97. The van der Waals surface area contributed by atoms with Gasteiger partial charge in [-0.15, -0.1) is 0 Å². The maximum Gasteiger partial charge on any atom is 0.0669 e. The van der Waals surface area contributed by atoms with Crippen LogP contribution in [0.1, 0.15) is 37.3 Å². The van der Waals surface area contributed by atoms with Crippen molar-refractivity contribution in [2.75, 3.05) is 0 Å². The monoisotopic (exact) mass is 277 g/mol. The highest BCUT2D eigenvalue weighted by molar-refractivity contribution is 9.10. The Morgan fingerprint density at radius 1 is 1.50 bits per heavy atom. The molecule has 1 nitrogen and oxygen atoms in total. The fourth-order valence-corrected chi connectivity index (χ4v) is 2.42. The SMILES string of the molecule is CCC/C=C(/CC#N)c1c(C)cccc1Br. The van der Waals surface area contributed by atoms with E-state index in [1.54, 1.807) is 0 Å². The Kier molecular flexibility index (Phi) is 5.28. The Labute approximate surface area is 106 Å². The molecule has 0 atom stereocenters. The first kappa shape index (κ1) is 13.0.